The smallest absolute Gasteiger partial charge is 0.448 e. The number of ketones is 1. The zero-order chi connectivity index (χ0) is 23.0. The number of aromatic nitrogens is 3. The number of H-pyrrole nitrogens is 1. The van der Waals surface area contributed by atoms with E-state index in [1.54, 1.807) is 6.08 Å². The Morgan fingerprint density at radius 3 is 2.64 bits per heavy atom. The maximum Gasteiger partial charge on any atom is 0.586 e. The lowest BCUT2D eigenvalue weighted by atomic mass is 10.2. The summed E-state index contributed by atoms with van der Waals surface area (Å²) in [7, 11) is 0. The Morgan fingerprint density at radius 1 is 1.09 bits per heavy atom. The summed E-state index contributed by atoms with van der Waals surface area (Å²) in [6.07, 6.45) is 0.362. The maximum absolute atomic E-state index is 13.2. The molecule has 33 heavy (non-hydrogen) atoms. The molecule has 1 amide bonds. The third-order valence-electron chi connectivity index (χ3n) is 4.61. The van der Waals surface area contributed by atoms with E-state index < -0.39 is 12.2 Å². The summed E-state index contributed by atoms with van der Waals surface area (Å²) in [5.41, 5.74) is 1.45. The van der Waals surface area contributed by atoms with Crippen LogP contribution >= 0.6 is 0 Å². The van der Waals surface area contributed by atoms with Gasteiger partial charge in [-0.05, 0) is 11.6 Å². The zero-order valence-corrected chi connectivity index (χ0v) is 16.7. The molecular weight excluding hydrogens is 438 g/mol. The molecule has 3 heterocycles. The Hall–Kier alpha value is -4.54. The number of ether oxygens (including phenoxy) is 2. The van der Waals surface area contributed by atoms with Gasteiger partial charge in [-0.25, -0.2) is 9.97 Å². The number of carbonyl (C=O) groups excluding carboxylic acids is 2. The predicted molar refractivity (Wildman–Crippen MR) is 111 cm³/mol. The number of anilines is 1. The van der Waals surface area contributed by atoms with Crippen molar-refractivity contribution >= 4 is 34.7 Å². The molecule has 0 bridgehead atoms. The van der Waals surface area contributed by atoms with Crippen LogP contribution in [0.25, 0.3) is 17.1 Å². The Balaban J connectivity index is 1.23. The molecule has 1 aliphatic rings. The molecular formula is C22H14F2N4O5. The van der Waals surface area contributed by atoms with Crippen molar-refractivity contribution in [2.45, 2.75) is 12.7 Å². The fourth-order valence-electron chi connectivity index (χ4n) is 3.14. The Bertz CT molecular complexity index is 1350. The van der Waals surface area contributed by atoms with Crippen LogP contribution in [-0.4, -0.2) is 32.9 Å². The van der Waals surface area contributed by atoms with Crippen LogP contribution in [0.3, 0.4) is 0 Å². The lowest BCUT2D eigenvalue weighted by Gasteiger charge is -2.04. The number of allylic oxidation sites excluding steroid dienone is 1. The zero-order valence-electron chi connectivity index (χ0n) is 16.7. The van der Waals surface area contributed by atoms with Gasteiger partial charge in [-0.15, -0.1) is 8.78 Å². The first-order chi connectivity index (χ1) is 15.8. The van der Waals surface area contributed by atoms with E-state index in [9.17, 15) is 18.4 Å². The number of halogens is 2. The minimum absolute atomic E-state index is 0.0526. The molecule has 1 aliphatic heterocycles. The number of benzene rings is 2. The van der Waals surface area contributed by atoms with Crippen LogP contribution in [0, 0.1) is 0 Å². The summed E-state index contributed by atoms with van der Waals surface area (Å²) >= 11 is 0. The topological polar surface area (TPSA) is 119 Å². The van der Waals surface area contributed by atoms with Crippen LogP contribution in [0.15, 0.2) is 59.2 Å². The molecule has 0 atom stereocenters. The lowest BCUT2D eigenvalue weighted by molar-refractivity contribution is -0.286. The van der Waals surface area contributed by atoms with Gasteiger partial charge in [-0.2, -0.15) is 0 Å². The highest BCUT2D eigenvalue weighted by molar-refractivity contribution is 6.02. The van der Waals surface area contributed by atoms with Gasteiger partial charge in [0.1, 0.15) is 6.26 Å². The maximum atomic E-state index is 13.2. The predicted octanol–water partition coefficient (Wildman–Crippen LogP) is 3.95. The summed E-state index contributed by atoms with van der Waals surface area (Å²) in [6, 6.07) is 11.9. The molecule has 0 saturated heterocycles. The number of hydrogen-bond acceptors (Lipinski definition) is 7. The van der Waals surface area contributed by atoms with E-state index in [2.05, 4.69) is 29.7 Å². The number of imidazole rings is 1. The van der Waals surface area contributed by atoms with Crippen molar-refractivity contribution in [3.63, 3.8) is 0 Å². The molecule has 0 radical (unpaired) electrons. The molecule has 4 aromatic rings. The average Bonchev–Trinajstić information content (AvgIpc) is 3.46. The van der Waals surface area contributed by atoms with Crippen LogP contribution < -0.4 is 14.8 Å². The van der Waals surface area contributed by atoms with Gasteiger partial charge in [0.2, 0.25) is 11.8 Å². The van der Waals surface area contributed by atoms with Crippen molar-refractivity contribution in [1.29, 1.82) is 0 Å². The van der Waals surface area contributed by atoms with Crippen LogP contribution in [0.5, 0.6) is 11.5 Å². The number of alkyl halides is 2. The molecule has 2 N–H and O–H groups in total. The third-order valence-corrected chi connectivity index (χ3v) is 4.61. The van der Waals surface area contributed by atoms with E-state index >= 15 is 0 Å². The second kappa shape index (κ2) is 7.86. The normalized spacial score (nSPS) is 14.1. The SMILES string of the molecule is O=C(/C=C/c1ccccc1)Cc1nc(C(=O)Nc2nc3cc4c(cc3[nH]2)OC(F)(F)O4)co1. The van der Waals surface area contributed by atoms with Gasteiger partial charge in [0, 0.05) is 12.1 Å². The number of oxazole rings is 1. The minimum atomic E-state index is -3.73. The van der Waals surface area contributed by atoms with E-state index in [0.717, 1.165) is 11.8 Å². The largest absolute Gasteiger partial charge is 0.586 e. The second-order valence-corrected chi connectivity index (χ2v) is 7.04. The first kappa shape index (κ1) is 20.4. The Morgan fingerprint density at radius 2 is 1.85 bits per heavy atom. The summed E-state index contributed by atoms with van der Waals surface area (Å²) in [4.78, 5) is 35.5. The van der Waals surface area contributed by atoms with Gasteiger partial charge in [0.25, 0.3) is 5.91 Å². The van der Waals surface area contributed by atoms with Crippen molar-refractivity contribution in [1.82, 2.24) is 15.0 Å². The van der Waals surface area contributed by atoms with Gasteiger partial charge in [0.15, 0.2) is 23.0 Å². The summed E-state index contributed by atoms with van der Waals surface area (Å²) < 4.78 is 40.3. The number of nitrogens with zero attached hydrogens (tertiary/aromatic N) is 2. The summed E-state index contributed by atoms with van der Waals surface area (Å²) in [6.45, 7) is 0. The molecule has 2 aromatic carbocycles. The molecule has 5 rings (SSSR count). The third kappa shape index (κ3) is 4.42. The molecule has 0 saturated carbocycles. The van der Waals surface area contributed by atoms with Crippen LogP contribution in [0.2, 0.25) is 0 Å². The molecule has 9 nitrogen and oxygen atoms in total. The van der Waals surface area contributed by atoms with Crippen LogP contribution in [0.1, 0.15) is 21.9 Å². The number of amides is 1. The number of fused-ring (bicyclic) bond motifs is 2. The van der Waals surface area contributed by atoms with Crippen molar-refractivity contribution < 1.29 is 32.3 Å². The van der Waals surface area contributed by atoms with Crippen molar-refractivity contribution in [3.8, 4) is 11.5 Å². The number of aromatic amines is 1. The summed E-state index contributed by atoms with van der Waals surface area (Å²) in [5.74, 6) is -1.06. The van der Waals surface area contributed by atoms with Crippen molar-refractivity contribution in [2.75, 3.05) is 5.32 Å². The number of hydrogen-bond donors (Lipinski definition) is 2. The van der Waals surface area contributed by atoms with E-state index in [4.69, 9.17) is 4.42 Å². The first-order valence-corrected chi connectivity index (χ1v) is 9.66. The molecule has 11 heteroatoms. The first-order valence-electron chi connectivity index (χ1n) is 9.66. The monoisotopic (exact) mass is 452 g/mol. The standard InChI is InChI=1S/C22H14F2N4O5/c23-22(24)32-17-9-14-15(10-18(17)33-22)27-21(26-14)28-20(30)16-11-31-19(25-16)8-13(29)7-6-12-4-2-1-3-5-12/h1-7,9-11H,8H2,(H2,26,27,28,30)/b7-6+. The molecule has 0 aliphatic carbocycles. The summed E-state index contributed by atoms with van der Waals surface area (Å²) in [5, 5.41) is 2.50. The molecule has 2 aromatic heterocycles. The van der Waals surface area contributed by atoms with E-state index in [-0.39, 0.29) is 46.8 Å². The lowest BCUT2D eigenvalue weighted by Crippen LogP contribution is -2.25. The number of nitrogens with one attached hydrogen (secondary N) is 2. The fourth-order valence-corrected chi connectivity index (χ4v) is 3.14. The van der Waals surface area contributed by atoms with Crippen LogP contribution in [-0.2, 0) is 11.2 Å². The van der Waals surface area contributed by atoms with Gasteiger partial charge in [-0.3, -0.25) is 14.9 Å². The highest BCUT2D eigenvalue weighted by Crippen LogP contribution is 2.42. The fraction of sp³-hybridized carbons (Fsp3) is 0.0909. The van der Waals surface area contributed by atoms with Crippen molar-refractivity contribution in [2.24, 2.45) is 0 Å². The van der Waals surface area contributed by atoms with E-state index in [1.165, 1.54) is 18.2 Å². The Labute approximate surface area is 184 Å². The molecule has 0 fully saturated rings. The van der Waals surface area contributed by atoms with Crippen LogP contribution in [0.4, 0.5) is 14.7 Å². The minimum Gasteiger partial charge on any atom is -0.448 e. The second-order valence-electron chi connectivity index (χ2n) is 7.04. The molecule has 166 valence electrons. The highest BCUT2D eigenvalue weighted by atomic mass is 19.3. The van der Waals surface area contributed by atoms with Gasteiger partial charge >= 0.3 is 6.29 Å². The van der Waals surface area contributed by atoms with Gasteiger partial charge in [0.05, 0.1) is 17.5 Å². The van der Waals surface area contributed by atoms with Gasteiger partial charge in [-0.1, -0.05) is 36.4 Å². The Kier molecular flexibility index (Phi) is 4.85. The van der Waals surface area contributed by atoms with Gasteiger partial charge < -0.3 is 18.9 Å². The number of rotatable bonds is 6. The number of carbonyl (C=O) groups is 2. The van der Waals surface area contributed by atoms with E-state index in [1.807, 2.05) is 30.3 Å². The van der Waals surface area contributed by atoms with E-state index in [0.29, 0.717) is 5.52 Å². The molecule has 0 unspecified atom stereocenters. The highest BCUT2D eigenvalue weighted by Gasteiger charge is 2.43. The molecule has 0 spiro atoms. The quantitative estimate of drug-likeness (QED) is 0.425. The van der Waals surface area contributed by atoms with Crippen molar-refractivity contribution in [3.05, 3.63) is 72.0 Å². The average molecular weight is 452 g/mol.